The standard InChI is InChI=1S/6C2H6.ClH.12HO3P/c6*1-2;;12*1-4(2)3/h6*1-2H3;1H;12*(H,1,2,3)/p+6. The molecule has 380 valence electrons. The monoisotopic (exact) mass is 1180 g/mol. The number of hydrogen-bond acceptors (Lipinski definition) is 24. The molecule has 0 radical (unpaired) electrons. The Morgan fingerprint density at radius 2 is 0.197 bits per heavy atom. The van der Waals surface area contributed by atoms with E-state index in [1.165, 1.54) is 0 Å². The predicted molar refractivity (Wildman–Crippen MR) is 200 cm³/mol. The van der Waals surface area contributed by atoms with E-state index in [0.717, 1.165) is 0 Å². The van der Waals surface area contributed by atoms with Crippen molar-refractivity contribution in [1.82, 2.24) is 0 Å². The van der Waals surface area contributed by atoms with Crippen LogP contribution in [0.15, 0.2) is 0 Å². The lowest BCUT2D eigenvalue weighted by molar-refractivity contribution is -0.181. The normalized spacial score (nSPS) is 9.25. The fraction of sp³-hybridized carbons (Fsp3) is 1.00. The van der Waals surface area contributed by atoms with Crippen LogP contribution >= 0.6 is 111 Å². The van der Waals surface area contributed by atoms with Crippen molar-refractivity contribution in [3.8, 4) is 0 Å². The molecule has 0 aromatic carbocycles. The molecule has 12 atom stereocenters. The van der Waals surface area contributed by atoms with E-state index in [2.05, 4.69) is 0 Å². The van der Waals surface area contributed by atoms with Gasteiger partial charge in [0, 0.05) is 0 Å². The summed E-state index contributed by atoms with van der Waals surface area (Å²) in [5.41, 5.74) is 0. The van der Waals surface area contributed by atoms with Crippen LogP contribution in [0.4, 0.5) is 0 Å². The largest absolute Gasteiger partial charge is 1.00 e. The maximum Gasteiger partial charge on any atom is 1.00 e. The molecule has 0 fully saturated rings. The molecular formula is C12H55ClO36P12+6. The number of hydrogen-bond donors (Lipinski definition) is 12. The Bertz CT molecular complexity index is 653. The molecule has 0 aromatic rings. The SMILES string of the molecule is CC.CC.CC.CC.CC.CC.Cl.O=[P+]([O-])O.O=[P+]([O-])O.O=[P+]([O-])O.O=[P+]([O-])O.O=[P+]([O-])O.O=[P+]([O-])O.O=[P+]([O-])O.O=[P+]([O-])O.O=[P+]([O-])O.O=[P+]([O-])O.O=[P+]([O-])O.O=[P+]([O-])O.[H+].[H+].[H+].[H+].[H+].[H+]. The van der Waals surface area contributed by atoms with Crippen LogP contribution in [-0.4, -0.2) is 58.7 Å². The van der Waals surface area contributed by atoms with Gasteiger partial charge in [-0.25, -0.2) is 0 Å². The van der Waals surface area contributed by atoms with Gasteiger partial charge in [0.2, 0.25) is 0 Å². The summed E-state index contributed by atoms with van der Waals surface area (Å²) in [6.07, 6.45) is 0. The molecule has 0 heterocycles. The second-order valence-electron chi connectivity index (χ2n) is 2.85. The molecule has 12 N–H and O–H groups in total. The third kappa shape index (κ3) is 738000. The summed E-state index contributed by atoms with van der Waals surface area (Å²) in [5, 5.41) is 0. The van der Waals surface area contributed by atoms with E-state index in [0.29, 0.717) is 0 Å². The molecule has 0 aromatic heterocycles. The van der Waals surface area contributed by atoms with Crippen molar-refractivity contribution >= 4 is 111 Å². The van der Waals surface area contributed by atoms with E-state index in [1.54, 1.807) is 0 Å². The van der Waals surface area contributed by atoms with E-state index in [-0.39, 0.29) is 21.0 Å². The molecule has 0 saturated carbocycles. The number of rotatable bonds is 0. The minimum absolute atomic E-state index is 0. The van der Waals surface area contributed by atoms with Gasteiger partial charge in [-0.2, -0.15) is 58.7 Å². The second-order valence-corrected chi connectivity index (χ2v) is 8.56. The molecule has 0 bridgehead atoms. The predicted octanol–water partition coefficient (Wildman–Crippen LogP) is -4.79. The van der Waals surface area contributed by atoms with Gasteiger partial charge in [-0.05, 0) is 54.8 Å². The van der Waals surface area contributed by atoms with E-state index in [4.69, 9.17) is 172 Å². The lowest BCUT2D eigenvalue weighted by atomic mass is 11.0. The van der Waals surface area contributed by atoms with Gasteiger partial charge >= 0.3 is 108 Å². The Morgan fingerprint density at radius 1 is 0.197 bits per heavy atom. The van der Waals surface area contributed by atoms with Gasteiger partial charge in [-0.3, -0.25) is 0 Å². The Balaban J connectivity index is -0.0000000121. The van der Waals surface area contributed by atoms with Crippen LogP contribution in [0.2, 0.25) is 0 Å². The van der Waals surface area contributed by atoms with Gasteiger partial charge in [0.25, 0.3) is 0 Å². The van der Waals surface area contributed by atoms with Crippen LogP contribution in [0.25, 0.3) is 0 Å². The van der Waals surface area contributed by atoms with Gasteiger partial charge in [0.1, 0.15) is 0 Å². The minimum Gasteiger partial charge on any atom is -0.567 e. The topological polar surface area (TPSA) is 724 Å². The first kappa shape index (κ1) is 125. The molecule has 0 spiro atoms. The second kappa shape index (κ2) is 161. The quantitative estimate of drug-likeness (QED) is 0.101. The van der Waals surface area contributed by atoms with E-state index in [1.807, 2.05) is 83.1 Å². The van der Waals surface area contributed by atoms with Crippen LogP contribution in [0, 0.1) is 0 Å². The van der Waals surface area contributed by atoms with Crippen molar-refractivity contribution in [1.29, 1.82) is 0 Å². The van der Waals surface area contributed by atoms with Gasteiger partial charge in [-0.1, -0.05) is 83.1 Å². The summed E-state index contributed by atoms with van der Waals surface area (Å²) in [6.45, 7) is 24.0. The zero-order valence-electron chi connectivity index (χ0n) is 38.9. The summed E-state index contributed by atoms with van der Waals surface area (Å²) in [4.78, 5) is 187. The van der Waals surface area contributed by atoms with E-state index in [9.17, 15) is 0 Å². The zero-order valence-corrected chi connectivity index (χ0v) is 44.5. The van der Waals surface area contributed by atoms with Crippen LogP contribution in [0.1, 0.15) is 91.6 Å². The van der Waals surface area contributed by atoms with Crippen LogP contribution in [0.5, 0.6) is 0 Å². The van der Waals surface area contributed by atoms with Crippen molar-refractivity contribution < 1.29 is 181 Å². The molecule has 0 saturated heterocycles. The van der Waals surface area contributed by atoms with E-state index < -0.39 is 99.1 Å². The maximum atomic E-state index is 8.59. The Kier molecular flexibility index (Phi) is 328. The van der Waals surface area contributed by atoms with E-state index >= 15 is 0 Å². The first-order valence-electron chi connectivity index (χ1n) is 12.8. The third-order valence-electron chi connectivity index (χ3n) is 0. The molecule has 0 aliphatic rings. The lowest BCUT2D eigenvalue weighted by Gasteiger charge is -1.56. The Morgan fingerprint density at radius 3 is 0.197 bits per heavy atom. The van der Waals surface area contributed by atoms with Crippen LogP contribution < -0.4 is 58.7 Å². The Labute approximate surface area is 375 Å². The Hall–Kier alpha value is 0.530. The first-order valence-corrected chi connectivity index (χ1v) is 26.3. The summed E-state index contributed by atoms with van der Waals surface area (Å²) >= 11 is 0. The van der Waals surface area contributed by atoms with Crippen molar-refractivity contribution in [2.24, 2.45) is 0 Å². The average molecular weight is 1180 g/mol. The number of halogens is 1. The zero-order chi connectivity index (χ0) is 54.9. The highest BCUT2D eigenvalue weighted by Gasteiger charge is 1.77. The molecular weight excluding hydrogens is 1130 g/mol. The molecule has 0 aliphatic heterocycles. The molecule has 0 amide bonds. The third-order valence-corrected chi connectivity index (χ3v) is 0. The van der Waals surface area contributed by atoms with Crippen LogP contribution in [-0.2, 0) is 54.8 Å². The highest BCUT2D eigenvalue weighted by Crippen LogP contribution is 1.93. The molecule has 61 heavy (non-hydrogen) atoms. The molecule has 0 rings (SSSR count). The summed E-state index contributed by atoms with van der Waals surface area (Å²) < 4.78 is 103. The molecule has 49 heteroatoms. The lowest BCUT2D eigenvalue weighted by Crippen LogP contribution is -1.78. The molecule has 36 nitrogen and oxygen atoms in total. The first-order chi connectivity index (χ1) is 26.8. The van der Waals surface area contributed by atoms with Crippen molar-refractivity contribution in [2.45, 2.75) is 83.1 Å². The van der Waals surface area contributed by atoms with Gasteiger partial charge in [-0.15, -0.1) is 12.4 Å². The molecule has 12 unspecified atom stereocenters. The van der Waals surface area contributed by atoms with Crippen molar-refractivity contribution in [2.75, 3.05) is 0 Å². The van der Waals surface area contributed by atoms with Gasteiger partial charge < -0.3 is 58.7 Å². The summed E-state index contributed by atoms with van der Waals surface area (Å²) in [5.74, 6) is 0. The fourth-order valence-corrected chi connectivity index (χ4v) is 0. The summed E-state index contributed by atoms with van der Waals surface area (Å²) in [6, 6.07) is 0. The van der Waals surface area contributed by atoms with Crippen molar-refractivity contribution in [3.63, 3.8) is 0 Å². The summed E-state index contributed by atoms with van der Waals surface area (Å²) in [7, 11) is -37.4. The highest BCUT2D eigenvalue weighted by atomic mass is 35.5. The smallest absolute Gasteiger partial charge is 0.567 e. The fourth-order valence-electron chi connectivity index (χ4n) is 0. The molecule has 0 aliphatic carbocycles. The van der Waals surface area contributed by atoms with Gasteiger partial charge in [0.05, 0.1) is 0 Å². The highest BCUT2D eigenvalue weighted by molar-refractivity contribution is 7.31. The van der Waals surface area contributed by atoms with Gasteiger partial charge in [0.15, 0.2) is 0 Å². The minimum atomic E-state index is -3.12. The average Bonchev–Trinajstić information content (AvgIpc) is 3.00. The van der Waals surface area contributed by atoms with Crippen LogP contribution in [0.3, 0.4) is 0 Å². The maximum absolute atomic E-state index is 8.59. The van der Waals surface area contributed by atoms with Crippen molar-refractivity contribution in [3.05, 3.63) is 0 Å².